The van der Waals surface area contributed by atoms with Crippen molar-refractivity contribution in [3.05, 3.63) is 72.9 Å². The summed E-state index contributed by atoms with van der Waals surface area (Å²) in [6, 6.07) is 0. The van der Waals surface area contributed by atoms with Gasteiger partial charge in [0.1, 0.15) is 13.2 Å². The van der Waals surface area contributed by atoms with Gasteiger partial charge in [-0.1, -0.05) is 273 Å². The predicted octanol–water partition coefficient (Wildman–Crippen LogP) is 19.8. The fraction of sp³-hybridized carbons (Fsp3) is 0.762. The second-order valence-electron chi connectivity index (χ2n) is 19.5. The van der Waals surface area contributed by atoms with E-state index < -0.39 is 12.1 Å². The van der Waals surface area contributed by atoms with Gasteiger partial charge in [0, 0.05) is 12.8 Å². The van der Waals surface area contributed by atoms with Gasteiger partial charge < -0.3 is 14.2 Å². The normalized spacial score (nSPS) is 12.6. The van der Waals surface area contributed by atoms with Gasteiger partial charge in [-0.05, 0) is 70.6 Å². The van der Waals surface area contributed by atoms with Crippen molar-refractivity contribution in [3.63, 3.8) is 0 Å². The van der Waals surface area contributed by atoms with Crippen LogP contribution in [-0.4, -0.2) is 37.2 Å². The third kappa shape index (κ3) is 55.6. The number of carbonyl (C=O) groups is 3. The van der Waals surface area contributed by atoms with Crippen LogP contribution >= 0.6 is 0 Å². The Morgan fingerprint density at radius 2 is 0.623 bits per heavy atom. The van der Waals surface area contributed by atoms with Crippen molar-refractivity contribution in [2.75, 3.05) is 13.2 Å². The first-order valence-electron chi connectivity index (χ1n) is 29.4. The smallest absolute Gasteiger partial charge is 0.309 e. The predicted molar refractivity (Wildman–Crippen MR) is 298 cm³/mol. The zero-order valence-corrected chi connectivity index (χ0v) is 45.6. The molecule has 0 aromatic heterocycles. The number of ether oxygens (including phenoxy) is 3. The lowest BCUT2D eigenvalue weighted by Gasteiger charge is -2.18. The van der Waals surface area contributed by atoms with Crippen LogP contribution in [0.25, 0.3) is 0 Å². The maximum Gasteiger partial charge on any atom is 0.309 e. The molecule has 69 heavy (non-hydrogen) atoms. The average Bonchev–Trinajstić information content (AvgIpc) is 3.35. The van der Waals surface area contributed by atoms with E-state index in [1.165, 1.54) is 167 Å². The Morgan fingerprint density at radius 1 is 0.319 bits per heavy atom. The summed E-state index contributed by atoms with van der Waals surface area (Å²) < 4.78 is 16.8. The van der Waals surface area contributed by atoms with Gasteiger partial charge in [-0.2, -0.15) is 0 Å². The number of unbranched alkanes of at least 4 members (excludes halogenated alkanes) is 31. The second-order valence-corrected chi connectivity index (χ2v) is 19.5. The fourth-order valence-corrected chi connectivity index (χ4v) is 8.34. The van der Waals surface area contributed by atoms with Crippen LogP contribution in [0.3, 0.4) is 0 Å². The molecule has 1 atom stereocenters. The van der Waals surface area contributed by atoms with Crippen molar-refractivity contribution in [3.8, 4) is 0 Å². The third-order valence-electron chi connectivity index (χ3n) is 12.7. The Bertz CT molecular complexity index is 1290. The largest absolute Gasteiger partial charge is 0.462 e. The van der Waals surface area contributed by atoms with E-state index in [2.05, 4.69) is 81.5 Å². The summed E-state index contributed by atoms with van der Waals surface area (Å²) in [4.78, 5) is 38.1. The highest BCUT2D eigenvalue weighted by Gasteiger charge is 2.19. The van der Waals surface area contributed by atoms with Crippen LogP contribution in [-0.2, 0) is 28.6 Å². The Balaban J connectivity index is 4.43. The maximum absolute atomic E-state index is 12.8. The van der Waals surface area contributed by atoms with Gasteiger partial charge >= 0.3 is 17.9 Å². The fourth-order valence-electron chi connectivity index (χ4n) is 8.34. The summed E-state index contributed by atoms with van der Waals surface area (Å²) in [5.74, 6) is -1.04. The van der Waals surface area contributed by atoms with E-state index in [1.807, 2.05) is 6.08 Å². The Hall–Kier alpha value is -3.15. The molecule has 0 amide bonds. The van der Waals surface area contributed by atoms with Crippen molar-refractivity contribution in [1.82, 2.24) is 0 Å². The van der Waals surface area contributed by atoms with Crippen molar-refractivity contribution < 1.29 is 28.6 Å². The van der Waals surface area contributed by atoms with Crippen molar-refractivity contribution in [2.24, 2.45) is 0 Å². The quantitative estimate of drug-likeness (QED) is 0.0262. The first kappa shape index (κ1) is 65.8. The van der Waals surface area contributed by atoms with Crippen LogP contribution in [0, 0.1) is 0 Å². The zero-order chi connectivity index (χ0) is 50.0. The molecule has 0 aromatic rings. The Labute approximate surface area is 427 Å². The van der Waals surface area contributed by atoms with E-state index in [0.717, 1.165) is 83.5 Å². The molecule has 398 valence electrons. The minimum Gasteiger partial charge on any atom is -0.462 e. The molecule has 0 aliphatic rings. The molecule has 0 saturated heterocycles. The van der Waals surface area contributed by atoms with Gasteiger partial charge in [0.25, 0.3) is 0 Å². The third-order valence-corrected chi connectivity index (χ3v) is 12.7. The highest BCUT2D eigenvalue weighted by Crippen LogP contribution is 2.16. The molecule has 0 bridgehead atoms. The van der Waals surface area contributed by atoms with Crippen LogP contribution in [0.2, 0.25) is 0 Å². The van der Waals surface area contributed by atoms with E-state index in [1.54, 1.807) is 6.08 Å². The molecular formula is C63H110O6. The van der Waals surface area contributed by atoms with E-state index in [9.17, 15) is 14.4 Å². The van der Waals surface area contributed by atoms with E-state index in [-0.39, 0.29) is 31.6 Å². The molecule has 0 aromatic carbocycles. The Kier molecular flexibility index (Phi) is 54.8. The first-order chi connectivity index (χ1) is 34.0. The average molecular weight is 964 g/mol. The van der Waals surface area contributed by atoms with Crippen molar-refractivity contribution in [1.29, 1.82) is 0 Å². The molecule has 0 saturated carbocycles. The molecular weight excluding hydrogens is 853 g/mol. The molecule has 0 spiro atoms. The molecule has 0 rings (SSSR count). The van der Waals surface area contributed by atoms with Gasteiger partial charge in [0.05, 0.1) is 6.42 Å². The SMILES string of the molecule is CC/C=C\C/C=C\C/C=C\C/C=C\C/C=C\CC(=O)OCC(COC(=O)CCCCCCCCCCCCCCCCCCCCCC)OC(=O)CCCCCCC/C=C\CCCCCCCCC. The summed E-state index contributed by atoms with van der Waals surface area (Å²) in [6.07, 6.45) is 73.5. The summed E-state index contributed by atoms with van der Waals surface area (Å²) in [7, 11) is 0. The lowest BCUT2D eigenvalue weighted by atomic mass is 10.0. The number of esters is 3. The van der Waals surface area contributed by atoms with E-state index in [0.29, 0.717) is 12.8 Å². The minimum atomic E-state index is -0.818. The summed E-state index contributed by atoms with van der Waals surface area (Å²) in [5.41, 5.74) is 0. The molecule has 0 N–H and O–H groups in total. The lowest BCUT2D eigenvalue weighted by molar-refractivity contribution is -0.166. The van der Waals surface area contributed by atoms with Gasteiger partial charge in [0.15, 0.2) is 6.10 Å². The molecule has 6 nitrogen and oxygen atoms in total. The van der Waals surface area contributed by atoms with E-state index in [4.69, 9.17) is 14.2 Å². The number of allylic oxidation sites excluding steroid dienone is 11. The molecule has 6 heteroatoms. The summed E-state index contributed by atoms with van der Waals surface area (Å²) in [5, 5.41) is 0. The van der Waals surface area contributed by atoms with Crippen LogP contribution < -0.4 is 0 Å². The topological polar surface area (TPSA) is 78.9 Å². The van der Waals surface area contributed by atoms with Crippen LogP contribution in [0.15, 0.2) is 72.9 Å². The maximum atomic E-state index is 12.8. The summed E-state index contributed by atoms with van der Waals surface area (Å²) in [6.45, 7) is 6.46. The molecule has 0 aliphatic carbocycles. The zero-order valence-electron chi connectivity index (χ0n) is 45.6. The van der Waals surface area contributed by atoms with Crippen molar-refractivity contribution >= 4 is 17.9 Å². The molecule has 0 radical (unpaired) electrons. The second kappa shape index (κ2) is 57.4. The van der Waals surface area contributed by atoms with Crippen LogP contribution in [0.1, 0.15) is 290 Å². The molecule has 0 fully saturated rings. The molecule has 0 heterocycles. The minimum absolute atomic E-state index is 0.106. The van der Waals surface area contributed by atoms with Gasteiger partial charge in [-0.15, -0.1) is 0 Å². The lowest BCUT2D eigenvalue weighted by Crippen LogP contribution is -2.30. The van der Waals surface area contributed by atoms with Gasteiger partial charge in [0.2, 0.25) is 0 Å². The van der Waals surface area contributed by atoms with Crippen LogP contribution in [0.4, 0.5) is 0 Å². The number of hydrogen-bond acceptors (Lipinski definition) is 6. The molecule has 1 unspecified atom stereocenters. The highest BCUT2D eigenvalue weighted by atomic mass is 16.6. The number of hydrogen-bond donors (Lipinski definition) is 0. The number of rotatable bonds is 53. The van der Waals surface area contributed by atoms with Gasteiger partial charge in [-0.3, -0.25) is 14.4 Å². The van der Waals surface area contributed by atoms with E-state index >= 15 is 0 Å². The Morgan fingerprint density at radius 3 is 1.00 bits per heavy atom. The number of carbonyl (C=O) groups excluding carboxylic acids is 3. The monoisotopic (exact) mass is 963 g/mol. The van der Waals surface area contributed by atoms with Gasteiger partial charge in [-0.25, -0.2) is 0 Å². The summed E-state index contributed by atoms with van der Waals surface area (Å²) >= 11 is 0. The molecule has 0 aliphatic heterocycles. The van der Waals surface area contributed by atoms with Crippen molar-refractivity contribution in [2.45, 2.75) is 297 Å². The van der Waals surface area contributed by atoms with Crippen LogP contribution in [0.5, 0.6) is 0 Å². The first-order valence-corrected chi connectivity index (χ1v) is 29.4. The highest BCUT2D eigenvalue weighted by molar-refractivity contribution is 5.72. The standard InChI is InChI=1S/C63H110O6/c1-4-7-10-13-16-19-22-25-28-30-31-32-33-36-38-41-44-47-50-53-56-62(65)68-59-60(58-67-61(64)55-52-49-46-43-40-37-34-27-24-21-18-15-12-9-6-3)69-63(66)57-54-51-48-45-42-39-35-29-26-23-20-17-14-11-8-5-2/h9,12,18,21,27,29,34-35,40,43,49,52,60H,4-8,10-11,13-17,19-20,22-26,28,30-33,36-39,41-42,44-48,50-51,53-59H2,1-3H3/b12-9-,21-18-,34-27-,35-29-,43-40-,52-49-.